The highest BCUT2D eigenvalue weighted by Gasteiger charge is 2.13. The van der Waals surface area contributed by atoms with E-state index in [1.807, 2.05) is 29.7 Å². The molecule has 1 N–H and O–H groups in total. The summed E-state index contributed by atoms with van der Waals surface area (Å²) in [6.07, 6.45) is 2.94. The van der Waals surface area contributed by atoms with E-state index in [1.54, 1.807) is 11.9 Å². The molecule has 1 aromatic carbocycles. The van der Waals surface area contributed by atoms with Crippen LogP contribution in [0, 0.1) is 0 Å². The summed E-state index contributed by atoms with van der Waals surface area (Å²) in [6, 6.07) is 6.11. The van der Waals surface area contributed by atoms with Crippen LogP contribution in [-0.4, -0.2) is 45.8 Å². The van der Waals surface area contributed by atoms with E-state index in [9.17, 15) is 4.79 Å². The van der Waals surface area contributed by atoms with Crippen LogP contribution in [0.4, 0.5) is 11.4 Å². The van der Waals surface area contributed by atoms with Gasteiger partial charge in [-0.05, 0) is 18.2 Å². The van der Waals surface area contributed by atoms with Gasteiger partial charge in [0.2, 0.25) is 0 Å². The number of nitrogens with zero attached hydrogens (tertiary/aromatic N) is 2. The molecule has 0 unspecified atom stereocenters. The van der Waals surface area contributed by atoms with E-state index < -0.39 is 0 Å². The largest absolute Gasteiger partial charge is 0.369 e. The molecule has 4 nitrogen and oxygen atoms in total. The highest BCUT2D eigenvalue weighted by molar-refractivity contribution is 7.99. The standard InChI is InChI=1S/C13H19N3OS/c1-15(18-2)13-4-3-12(9-11(13)10-17)16-7-5-14-6-8-16/h3-4,9-10,14H,5-8H2,1-2H3. The van der Waals surface area contributed by atoms with Crippen LogP contribution >= 0.6 is 11.9 Å². The van der Waals surface area contributed by atoms with Gasteiger partial charge in [0.05, 0.1) is 5.69 Å². The first-order valence-corrected chi connectivity index (χ1v) is 7.27. The molecular formula is C13H19N3OS. The summed E-state index contributed by atoms with van der Waals surface area (Å²) in [5, 5.41) is 3.33. The Labute approximate surface area is 112 Å². The van der Waals surface area contributed by atoms with Gasteiger partial charge in [0, 0.05) is 50.7 Å². The Bertz CT molecular complexity index is 419. The maximum atomic E-state index is 11.2. The molecule has 1 heterocycles. The van der Waals surface area contributed by atoms with E-state index in [2.05, 4.69) is 16.3 Å². The number of hydrogen-bond donors (Lipinski definition) is 1. The minimum atomic E-state index is 0.753. The molecule has 0 bridgehead atoms. The van der Waals surface area contributed by atoms with Crippen LogP contribution < -0.4 is 14.5 Å². The number of carbonyl (C=O) groups is 1. The minimum Gasteiger partial charge on any atom is -0.369 e. The lowest BCUT2D eigenvalue weighted by Gasteiger charge is -2.30. The van der Waals surface area contributed by atoms with Crippen LogP contribution in [0.25, 0.3) is 0 Å². The zero-order valence-corrected chi connectivity index (χ0v) is 11.7. The molecule has 0 spiro atoms. The molecule has 0 saturated carbocycles. The summed E-state index contributed by atoms with van der Waals surface area (Å²) in [4.78, 5) is 13.5. The lowest BCUT2D eigenvalue weighted by molar-refractivity contribution is 0.112. The average Bonchev–Trinajstić information content (AvgIpc) is 2.46. The van der Waals surface area contributed by atoms with E-state index in [1.165, 1.54) is 0 Å². The van der Waals surface area contributed by atoms with Crippen LogP contribution in [0.5, 0.6) is 0 Å². The monoisotopic (exact) mass is 265 g/mol. The Kier molecular flexibility index (Phi) is 4.49. The van der Waals surface area contributed by atoms with Gasteiger partial charge in [-0.25, -0.2) is 0 Å². The third-order valence-corrected chi connectivity index (χ3v) is 3.98. The minimum absolute atomic E-state index is 0.753. The molecule has 5 heteroatoms. The van der Waals surface area contributed by atoms with Crippen molar-refractivity contribution in [3.63, 3.8) is 0 Å². The Morgan fingerprint density at radius 1 is 1.39 bits per heavy atom. The third-order valence-electron chi connectivity index (χ3n) is 3.23. The fourth-order valence-electron chi connectivity index (χ4n) is 2.14. The number of piperazine rings is 1. The van der Waals surface area contributed by atoms with Crippen molar-refractivity contribution in [3.05, 3.63) is 23.8 Å². The second-order valence-electron chi connectivity index (χ2n) is 4.28. The van der Waals surface area contributed by atoms with Gasteiger partial charge in [-0.3, -0.25) is 4.79 Å². The number of anilines is 2. The van der Waals surface area contributed by atoms with Gasteiger partial charge < -0.3 is 14.5 Å². The van der Waals surface area contributed by atoms with Crippen molar-refractivity contribution in [1.82, 2.24) is 5.32 Å². The van der Waals surface area contributed by atoms with Gasteiger partial charge >= 0.3 is 0 Å². The molecule has 1 aromatic rings. The second-order valence-corrected chi connectivity index (χ2v) is 5.19. The van der Waals surface area contributed by atoms with Gasteiger partial charge in [-0.2, -0.15) is 0 Å². The Hall–Kier alpha value is -1.20. The highest BCUT2D eigenvalue weighted by Crippen LogP contribution is 2.27. The van der Waals surface area contributed by atoms with E-state index >= 15 is 0 Å². The van der Waals surface area contributed by atoms with Crippen LogP contribution in [0.3, 0.4) is 0 Å². The number of hydrogen-bond acceptors (Lipinski definition) is 5. The molecule has 98 valence electrons. The van der Waals surface area contributed by atoms with Gasteiger partial charge in [0.25, 0.3) is 0 Å². The Morgan fingerprint density at radius 3 is 2.72 bits per heavy atom. The van der Waals surface area contributed by atoms with Gasteiger partial charge in [-0.15, -0.1) is 0 Å². The smallest absolute Gasteiger partial charge is 0.152 e. The topological polar surface area (TPSA) is 35.6 Å². The predicted molar refractivity (Wildman–Crippen MR) is 78.8 cm³/mol. The molecular weight excluding hydrogens is 246 g/mol. The molecule has 1 aliphatic rings. The summed E-state index contributed by atoms with van der Waals surface area (Å²) in [5.41, 5.74) is 2.86. The maximum absolute atomic E-state index is 11.2. The molecule has 0 atom stereocenters. The van der Waals surface area contributed by atoms with Crippen molar-refractivity contribution >= 4 is 29.6 Å². The maximum Gasteiger partial charge on any atom is 0.152 e. The SMILES string of the molecule is CSN(C)c1ccc(N2CCNCC2)cc1C=O. The van der Waals surface area contributed by atoms with Crippen LogP contribution in [0.15, 0.2) is 18.2 Å². The molecule has 1 aliphatic heterocycles. The quantitative estimate of drug-likeness (QED) is 0.661. The molecule has 0 amide bonds. The zero-order valence-electron chi connectivity index (χ0n) is 10.8. The van der Waals surface area contributed by atoms with Crippen LogP contribution in [0.1, 0.15) is 10.4 Å². The second kappa shape index (κ2) is 6.11. The summed E-state index contributed by atoms with van der Waals surface area (Å²) >= 11 is 1.60. The zero-order chi connectivity index (χ0) is 13.0. The normalized spacial score (nSPS) is 15.6. The molecule has 2 rings (SSSR count). The molecule has 18 heavy (non-hydrogen) atoms. The molecule has 0 aliphatic carbocycles. The van der Waals surface area contributed by atoms with Crippen molar-refractivity contribution in [2.24, 2.45) is 0 Å². The van der Waals surface area contributed by atoms with Crippen LogP contribution in [0.2, 0.25) is 0 Å². The average molecular weight is 265 g/mol. The molecule has 1 fully saturated rings. The Morgan fingerprint density at radius 2 is 2.11 bits per heavy atom. The molecule has 0 radical (unpaired) electrons. The molecule has 0 aromatic heterocycles. The van der Waals surface area contributed by atoms with Crippen molar-refractivity contribution in [2.45, 2.75) is 0 Å². The van der Waals surface area contributed by atoms with Gasteiger partial charge in [0.1, 0.15) is 0 Å². The number of carbonyl (C=O) groups excluding carboxylic acids is 1. The van der Waals surface area contributed by atoms with Crippen molar-refractivity contribution < 1.29 is 4.79 Å². The lowest BCUT2D eigenvalue weighted by atomic mass is 10.1. The van der Waals surface area contributed by atoms with E-state index in [0.717, 1.165) is 49.4 Å². The third kappa shape index (κ3) is 2.79. The first-order chi connectivity index (χ1) is 8.76. The first kappa shape index (κ1) is 13.2. The van der Waals surface area contributed by atoms with Gasteiger partial charge in [0.15, 0.2) is 6.29 Å². The van der Waals surface area contributed by atoms with Crippen molar-refractivity contribution in [3.8, 4) is 0 Å². The summed E-state index contributed by atoms with van der Waals surface area (Å²) in [5.74, 6) is 0. The van der Waals surface area contributed by atoms with Crippen molar-refractivity contribution in [1.29, 1.82) is 0 Å². The van der Waals surface area contributed by atoms with Crippen LogP contribution in [-0.2, 0) is 0 Å². The van der Waals surface area contributed by atoms with Crippen molar-refractivity contribution in [2.75, 3.05) is 48.7 Å². The lowest BCUT2D eigenvalue weighted by Crippen LogP contribution is -2.43. The fourth-order valence-corrected chi connectivity index (χ4v) is 2.50. The predicted octanol–water partition coefficient (Wildman–Crippen LogP) is 1.62. The fraction of sp³-hybridized carbons (Fsp3) is 0.462. The van der Waals surface area contributed by atoms with E-state index in [-0.39, 0.29) is 0 Å². The van der Waals surface area contributed by atoms with E-state index in [0.29, 0.717) is 0 Å². The molecule has 1 saturated heterocycles. The summed E-state index contributed by atoms with van der Waals surface area (Å²) in [7, 11) is 1.97. The summed E-state index contributed by atoms with van der Waals surface area (Å²) in [6.45, 7) is 4.00. The highest BCUT2D eigenvalue weighted by atomic mass is 32.2. The first-order valence-electron chi connectivity index (χ1n) is 6.09. The number of nitrogens with one attached hydrogen (secondary N) is 1. The van der Waals surface area contributed by atoms with E-state index in [4.69, 9.17) is 0 Å². The number of rotatable bonds is 4. The Balaban J connectivity index is 2.26. The summed E-state index contributed by atoms with van der Waals surface area (Å²) < 4.78 is 2.01. The van der Waals surface area contributed by atoms with Gasteiger partial charge in [-0.1, -0.05) is 11.9 Å². The number of benzene rings is 1. The number of aldehydes is 1.